The number of hydrogen-bond donors (Lipinski definition) is 2. The first kappa shape index (κ1) is 20.5. The number of H-pyrrole nitrogens is 1. The van der Waals surface area contributed by atoms with E-state index in [-0.39, 0.29) is 5.56 Å². The summed E-state index contributed by atoms with van der Waals surface area (Å²) in [5.41, 5.74) is 2.93. The zero-order valence-electron chi connectivity index (χ0n) is 13.4. The average Bonchev–Trinajstić information content (AvgIpc) is 3.13. The van der Waals surface area contributed by atoms with Gasteiger partial charge in [0.05, 0.1) is 17.7 Å². The second-order valence-electron chi connectivity index (χ2n) is 5.33. The molecule has 3 rings (SSSR count). The monoisotopic (exact) mass is 454 g/mol. The number of aliphatic carboxylic acids is 1. The Bertz CT molecular complexity index is 847. The molecule has 0 amide bonds. The summed E-state index contributed by atoms with van der Waals surface area (Å²) in [6, 6.07) is 0. The number of halogens is 4. The number of aromatic nitrogens is 4. The van der Waals surface area contributed by atoms with E-state index in [9.17, 15) is 18.0 Å². The van der Waals surface area contributed by atoms with Gasteiger partial charge < -0.3 is 14.7 Å². The number of nitrogens with zero attached hydrogens (tertiary/aromatic N) is 3. The Morgan fingerprint density at radius 2 is 2.12 bits per heavy atom. The van der Waals surface area contributed by atoms with Gasteiger partial charge in [0.25, 0.3) is 5.56 Å². The number of imidazole rings is 1. The van der Waals surface area contributed by atoms with E-state index in [1.807, 2.05) is 11.6 Å². The Morgan fingerprint density at radius 1 is 1.46 bits per heavy atom. The van der Waals surface area contributed by atoms with Gasteiger partial charge in [-0.05, 0) is 35.2 Å². The van der Waals surface area contributed by atoms with Gasteiger partial charge in [-0.1, -0.05) is 11.8 Å². The molecular formula is C14H14BrF3N4O3S. The average molecular weight is 455 g/mol. The fraction of sp³-hybridized carbons (Fsp3) is 0.429. The van der Waals surface area contributed by atoms with E-state index >= 15 is 0 Å². The fourth-order valence-electron chi connectivity index (χ4n) is 2.21. The number of carboxylic acids is 1. The number of rotatable bonds is 3. The van der Waals surface area contributed by atoms with Crippen molar-refractivity contribution >= 4 is 33.7 Å². The molecule has 142 valence electrons. The van der Waals surface area contributed by atoms with Crippen LogP contribution in [0.5, 0.6) is 0 Å². The molecule has 0 aliphatic heterocycles. The van der Waals surface area contributed by atoms with E-state index < -0.39 is 12.1 Å². The molecular weight excluding hydrogens is 441 g/mol. The number of alkyl halides is 3. The predicted octanol–water partition coefficient (Wildman–Crippen LogP) is 2.68. The summed E-state index contributed by atoms with van der Waals surface area (Å²) in [5.74, 6) is -2.04. The third kappa shape index (κ3) is 5.10. The minimum atomic E-state index is -5.08. The highest BCUT2D eigenvalue weighted by Crippen LogP contribution is 2.25. The highest BCUT2D eigenvalue weighted by Gasteiger charge is 2.38. The Kier molecular flexibility index (Phi) is 6.50. The first-order chi connectivity index (χ1) is 12.1. The van der Waals surface area contributed by atoms with Crippen LogP contribution in [-0.4, -0.2) is 36.8 Å². The number of carbonyl (C=O) groups is 1. The third-order valence-corrected chi connectivity index (χ3v) is 5.06. The highest BCUT2D eigenvalue weighted by atomic mass is 79.9. The zero-order valence-corrected chi connectivity index (χ0v) is 15.8. The smallest absolute Gasteiger partial charge is 0.475 e. The molecule has 1 aliphatic carbocycles. The van der Waals surface area contributed by atoms with Crippen molar-refractivity contribution in [2.24, 2.45) is 7.05 Å². The van der Waals surface area contributed by atoms with Crippen LogP contribution in [0, 0.1) is 0 Å². The number of fused-ring (bicyclic) bond motifs is 1. The van der Waals surface area contributed by atoms with Gasteiger partial charge in [0, 0.05) is 18.4 Å². The molecule has 0 saturated heterocycles. The van der Waals surface area contributed by atoms with Crippen LogP contribution < -0.4 is 5.56 Å². The molecule has 0 atom stereocenters. The summed E-state index contributed by atoms with van der Waals surface area (Å²) in [4.78, 5) is 32.4. The van der Waals surface area contributed by atoms with E-state index in [1.54, 1.807) is 6.33 Å². The lowest BCUT2D eigenvalue weighted by atomic mass is 10.3. The van der Waals surface area contributed by atoms with Crippen molar-refractivity contribution in [3.8, 4) is 0 Å². The lowest BCUT2D eigenvalue weighted by molar-refractivity contribution is -0.192. The lowest BCUT2D eigenvalue weighted by Crippen LogP contribution is -2.21. The largest absolute Gasteiger partial charge is 0.490 e. The third-order valence-electron chi connectivity index (χ3n) is 3.52. The molecule has 26 heavy (non-hydrogen) atoms. The van der Waals surface area contributed by atoms with E-state index in [4.69, 9.17) is 9.90 Å². The Labute approximate surface area is 158 Å². The van der Waals surface area contributed by atoms with Gasteiger partial charge in [0.2, 0.25) is 0 Å². The van der Waals surface area contributed by atoms with Gasteiger partial charge in [0.15, 0.2) is 5.16 Å². The van der Waals surface area contributed by atoms with Crippen LogP contribution in [0.4, 0.5) is 13.2 Å². The molecule has 2 heterocycles. The van der Waals surface area contributed by atoms with Crippen molar-refractivity contribution in [3.63, 3.8) is 0 Å². The molecule has 1 aliphatic rings. The molecule has 0 spiro atoms. The van der Waals surface area contributed by atoms with Crippen LogP contribution >= 0.6 is 27.7 Å². The second-order valence-corrected chi connectivity index (χ2v) is 7.05. The summed E-state index contributed by atoms with van der Waals surface area (Å²) >= 11 is 4.95. The van der Waals surface area contributed by atoms with Crippen molar-refractivity contribution in [2.45, 2.75) is 36.3 Å². The highest BCUT2D eigenvalue weighted by molar-refractivity contribution is 9.10. The minimum Gasteiger partial charge on any atom is -0.475 e. The maximum absolute atomic E-state index is 11.9. The van der Waals surface area contributed by atoms with Crippen LogP contribution in [0.3, 0.4) is 0 Å². The van der Waals surface area contributed by atoms with E-state index in [1.165, 1.54) is 11.8 Å². The predicted molar refractivity (Wildman–Crippen MR) is 91.0 cm³/mol. The van der Waals surface area contributed by atoms with Crippen molar-refractivity contribution in [2.75, 3.05) is 0 Å². The molecule has 0 radical (unpaired) electrons. The van der Waals surface area contributed by atoms with Gasteiger partial charge in [-0.25, -0.2) is 14.8 Å². The molecule has 7 nitrogen and oxygen atoms in total. The topological polar surface area (TPSA) is 101 Å². The van der Waals surface area contributed by atoms with Gasteiger partial charge in [-0.2, -0.15) is 13.2 Å². The number of carboxylic acid groups (broad SMARTS) is 1. The van der Waals surface area contributed by atoms with E-state index in [0.29, 0.717) is 5.16 Å². The summed E-state index contributed by atoms with van der Waals surface area (Å²) in [5, 5.41) is 7.82. The van der Waals surface area contributed by atoms with Crippen LogP contribution in [0.2, 0.25) is 0 Å². The minimum absolute atomic E-state index is 0.0223. The van der Waals surface area contributed by atoms with Crippen molar-refractivity contribution in [3.05, 3.63) is 38.2 Å². The van der Waals surface area contributed by atoms with E-state index in [2.05, 4.69) is 30.9 Å². The van der Waals surface area contributed by atoms with Crippen molar-refractivity contribution in [1.29, 1.82) is 0 Å². The molecule has 2 N–H and O–H groups in total. The van der Waals surface area contributed by atoms with Gasteiger partial charge >= 0.3 is 12.1 Å². The van der Waals surface area contributed by atoms with Gasteiger partial charge in [-0.15, -0.1) is 0 Å². The molecule has 0 aromatic carbocycles. The molecule has 2 aromatic heterocycles. The van der Waals surface area contributed by atoms with Crippen LogP contribution in [0.25, 0.3) is 0 Å². The molecule has 0 bridgehead atoms. The summed E-state index contributed by atoms with van der Waals surface area (Å²) in [6.07, 6.45) is -0.510. The van der Waals surface area contributed by atoms with Crippen LogP contribution in [0.1, 0.15) is 23.4 Å². The lowest BCUT2D eigenvalue weighted by Gasteiger charge is -2.05. The summed E-state index contributed by atoms with van der Waals surface area (Å²) in [6.45, 7) is 0. The zero-order chi connectivity index (χ0) is 19.5. The van der Waals surface area contributed by atoms with Crippen molar-refractivity contribution < 1.29 is 23.1 Å². The summed E-state index contributed by atoms with van der Waals surface area (Å²) in [7, 11) is 1.95. The second kappa shape index (κ2) is 8.25. The summed E-state index contributed by atoms with van der Waals surface area (Å²) < 4.78 is 34.5. The Balaban J connectivity index is 0.000000298. The standard InChI is InChI=1S/C12H13BrN4OS.C2HF3O2/c1-17-6-14-10(13)9(17)5-19-12-15-8-4-2-3-7(8)11(18)16-12;3-2(4,5)1(6)7/h6H,2-5H2,1H3,(H,15,16,18);(H,6,7). The Hall–Kier alpha value is -1.82. The van der Waals surface area contributed by atoms with Crippen LogP contribution in [-0.2, 0) is 30.4 Å². The SMILES string of the molecule is Cn1cnc(Br)c1CSc1nc2c(c(=O)[nH]1)CCC2.O=C(O)C(F)(F)F. The Morgan fingerprint density at radius 3 is 2.65 bits per heavy atom. The van der Waals surface area contributed by atoms with E-state index in [0.717, 1.165) is 46.6 Å². The van der Waals surface area contributed by atoms with Crippen LogP contribution in [0.15, 0.2) is 20.9 Å². The van der Waals surface area contributed by atoms with Gasteiger partial charge in [-0.3, -0.25) is 4.79 Å². The number of thioether (sulfide) groups is 1. The normalized spacial score (nSPS) is 13.1. The van der Waals surface area contributed by atoms with Crippen molar-refractivity contribution in [1.82, 2.24) is 19.5 Å². The molecule has 0 unspecified atom stereocenters. The fourth-order valence-corrected chi connectivity index (χ4v) is 3.86. The quantitative estimate of drug-likeness (QED) is 0.546. The first-order valence-electron chi connectivity index (χ1n) is 7.30. The molecule has 12 heteroatoms. The number of aryl methyl sites for hydroxylation is 2. The molecule has 2 aromatic rings. The number of aromatic amines is 1. The molecule has 0 saturated carbocycles. The first-order valence-corrected chi connectivity index (χ1v) is 9.08. The molecule has 0 fully saturated rings. The maximum atomic E-state index is 11.9. The van der Waals surface area contributed by atoms with Gasteiger partial charge in [0.1, 0.15) is 4.60 Å². The number of hydrogen-bond acceptors (Lipinski definition) is 5. The number of nitrogens with one attached hydrogen (secondary N) is 1. The maximum Gasteiger partial charge on any atom is 0.490 e.